The van der Waals surface area contributed by atoms with E-state index in [0.29, 0.717) is 12.3 Å². The molecule has 1 saturated heterocycles. The van der Waals surface area contributed by atoms with Gasteiger partial charge in [-0.15, -0.1) is 0 Å². The summed E-state index contributed by atoms with van der Waals surface area (Å²) in [7, 11) is 1.58. The molecule has 2 amide bonds. The number of benzene rings is 2. The molecule has 3 aromatic rings. The van der Waals surface area contributed by atoms with Crippen molar-refractivity contribution in [3.8, 4) is 5.75 Å². The van der Waals surface area contributed by atoms with Crippen LogP contribution in [0.25, 0.3) is 11.0 Å². The lowest BCUT2D eigenvalue weighted by Gasteiger charge is -2.21. The summed E-state index contributed by atoms with van der Waals surface area (Å²) in [6.07, 6.45) is 0.264. The van der Waals surface area contributed by atoms with E-state index in [4.69, 9.17) is 4.74 Å². The molecule has 0 saturated carbocycles. The highest BCUT2D eigenvalue weighted by atomic mass is 16.5. The summed E-state index contributed by atoms with van der Waals surface area (Å²) >= 11 is 0. The maximum absolute atomic E-state index is 13.0. The first-order valence-corrected chi connectivity index (χ1v) is 9.67. The quantitative estimate of drug-likeness (QED) is 0.724. The van der Waals surface area contributed by atoms with Gasteiger partial charge in [0.15, 0.2) is 0 Å². The first-order chi connectivity index (χ1) is 14.0. The van der Waals surface area contributed by atoms with Crippen LogP contribution in [0.1, 0.15) is 25.2 Å². The predicted molar refractivity (Wildman–Crippen MR) is 111 cm³/mol. The van der Waals surface area contributed by atoms with Gasteiger partial charge in [-0.2, -0.15) is 0 Å². The van der Waals surface area contributed by atoms with Crippen molar-refractivity contribution in [1.82, 2.24) is 14.9 Å². The normalized spacial score (nSPS) is 17.6. The van der Waals surface area contributed by atoms with Gasteiger partial charge in [0.25, 0.3) is 0 Å². The van der Waals surface area contributed by atoms with Gasteiger partial charge in [0, 0.05) is 13.0 Å². The van der Waals surface area contributed by atoms with Gasteiger partial charge in [-0.25, -0.2) is 4.98 Å². The summed E-state index contributed by atoms with van der Waals surface area (Å²) < 4.78 is 7.30. The Morgan fingerprint density at radius 1 is 1.21 bits per heavy atom. The monoisotopic (exact) mass is 392 g/mol. The van der Waals surface area contributed by atoms with E-state index < -0.39 is 6.04 Å². The highest BCUT2D eigenvalue weighted by molar-refractivity contribution is 5.98. The van der Waals surface area contributed by atoms with Gasteiger partial charge in [-0.1, -0.05) is 24.3 Å². The molecule has 29 heavy (non-hydrogen) atoms. The molecule has 0 bridgehead atoms. The second-order valence-corrected chi connectivity index (χ2v) is 7.28. The van der Waals surface area contributed by atoms with Crippen LogP contribution in [0.4, 0.5) is 5.69 Å². The Balaban J connectivity index is 1.50. The SMILES string of the molecule is COc1ccccc1N1C[C@H](NC(=O)[C@H](C)n2c(C)nc3ccccc32)CC1=O. The second-order valence-electron chi connectivity index (χ2n) is 7.28. The molecule has 0 radical (unpaired) electrons. The fourth-order valence-electron chi connectivity index (χ4n) is 3.98. The van der Waals surface area contributed by atoms with Crippen LogP contribution in [0.15, 0.2) is 48.5 Å². The maximum atomic E-state index is 13.0. The van der Waals surface area contributed by atoms with E-state index in [1.165, 1.54) is 0 Å². The number of hydrogen-bond donors (Lipinski definition) is 1. The summed E-state index contributed by atoms with van der Waals surface area (Å²) in [5.74, 6) is 1.27. The summed E-state index contributed by atoms with van der Waals surface area (Å²) in [6, 6.07) is 14.5. The maximum Gasteiger partial charge on any atom is 0.243 e. The van der Waals surface area contributed by atoms with Crippen LogP contribution in [0.5, 0.6) is 5.75 Å². The molecule has 1 aromatic heterocycles. The standard InChI is InChI=1S/C22H24N4O3/c1-14(26-15(2)23-17-8-4-5-9-18(17)26)22(28)24-16-12-21(27)25(13-16)19-10-6-7-11-20(19)29-3/h4-11,14,16H,12-13H2,1-3H3,(H,24,28)/t14-,16+/m0/s1. The smallest absolute Gasteiger partial charge is 0.243 e. The Morgan fingerprint density at radius 3 is 2.72 bits per heavy atom. The number of carbonyl (C=O) groups excluding carboxylic acids is 2. The third kappa shape index (κ3) is 3.44. The number of carbonyl (C=O) groups is 2. The molecule has 7 nitrogen and oxygen atoms in total. The average molecular weight is 392 g/mol. The Morgan fingerprint density at radius 2 is 1.93 bits per heavy atom. The zero-order valence-corrected chi connectivity index (χ0v) is 16.8. The van der Waals surface area contributed by atoms with Crippen LogP contribution >= 0.6 is 0 Å². The molecule has 1 aliphatic rings. The van der Waals surface area contributed by atoms with E-state index in [1.807, 2.05) is 66.9 Å². The molecule has 2 atom stereocenters. The number of ether oxygens (including phenoxy) is 1. The number of nitrogens with zero attached hydrogens (tertiary/aromatic N) is 3. The molecular weight excluding hydrogens is 368 g/mol. The molecule has 150 valence electrons. The van der Waals surface area contributed by atoms with Gasteiger partial charge in [0.05, 0.1) is 29.9 Å². The van der Waals surface area contributed by atoms with Crippen molar-refractivity contribution in [3.63, 3.8) is 0 Å². The highest BCUT2D eigenvalue weighted by Crippen LogP contribution is 2.31. The summed E-state index contributed by atoms with van der Waals surface area (Å²) in [4.78, 5) is 31.7. The van der Waals surface area contributed by atoms with E-state index in [2.05, 4.69) is 10.3 Å². The molecule has 0 unspecified atom stereocenters. The molecule has 4 rings (SSSR count). The van der Waals surface area contributed by atoms with Crippen molar-refractivity contribution < 1.29 is 14.3 Å². The number of methoxy groups -OCH3 is 1. The van der Waals surface area contributed by atoms with Crippen molar-refractivity contribution in [3.05, 3.63) is 54.4 Å². The third-order valence-corrected chi connectivity index (χ3v) is 5.39. The number of hydrogen-bond acceptors (Lipinski definition) is 4. The minimum Gasteiger partial charge on any atom is -0.495 e. The van der Waals surface area contributed by atoms with E-state index >= 15 is 0 Å². The van der Waals surface area contributed by atoms with Crippen LogP contribution in [0.2, 0.25) is 0 Å². The Labute approximate surface area is 169 Å². The number of aromatic nitrogens is 2. The Bertz CT molecular complexity index is 1070. The van der Waals surface area contributed by atoms with Crippen LogP contribution in [0.3, 0.4) is 0 Å². The summed E-state index contributed by atoms with van der Waals surface area (Å²) in [5, 5.41) is 3.04. The summed E-state index contributed by atoms with van der Waals surface area (Å²) in [6.45, 7) is 4.17. The van der Waals surface area contributed by atoms with E-state index in [1.54, 1.807) is 12.0 Å². The zero-order chi connectivity index (χ0) is 20.5. The molecule has 2 aromatic carbocycles. The van der Waals surface area contributed by atoms with Crippen LogP contribution in [-0.4, -0.2) is 41.1 Å². The Hall–Kier alpha value is -3.35. The zero-order valence-electron chi connectivity index (χ0n) is 16.8. The second kappa shape index (κ2) is 7.58. The molecule has 2 heterocycles. The van der Waals surface area contributed by atoms with E-state index in [9.17, 15) is 9.59 Å². The predicted octanol–water partition coefficient (Wildman–Crippen LogP) is 2.84. The molecule has 0 aliphatic carbocycles. The van der Waals surface area contributed by atoms with E-state index in [0.717, 1.165) is 22.5 Å². The molecule has 1 fully saturated rings. The fourth-order valence-corrected chi connectivity index (χ4v) is 3.98. The number of para-hydroxylation sites is 4. The van der Waals surface area contributed by atoms with Crippen LogP contribution < -0.4 is 15.0 Å². The number of nitrogens with one attached hydrogen (secondary N) is 1. The lowest BCUT2D eigenvalue weighted by molar-refractivity contribution is -0.124. The molecule has 0 spiro atoms. The molecule has 1 aliphatic heterocycles. The summed E-state index contributed by atoms with van der Waals surface area (Å²) in [5.41, 5.74) is 2.51. The van der Waals surface area contributed by atoms with Gasteiger partial charge < -0.3 is 19.5 Å². The lowest BCUT2D eigenvalue weighted by Crippen LogP contribution is -2.40. The van der Waals surface area contributed by atoms with Crippen molar-refractivity contribution in [2.75, 3.05) is 18.6 Å². The van der Waals surface area contributed by atoms with Gasteiger partial charge in [0.1, 0.15) is 17.6 Å². The van der Waals surface area contributed by atoms with Crippen LogP contribution in [-0.2, 0) is 9.59 Å². The number of amides is 2. The van der Waals surface area contributed by atoms with Crippen LogP contribution in [0, 0.1) is 6.92 Å². The minimum absolute atomic E-state index is 0.0308. The molecule has 1 N–H and O–H groups in total. The number of anilines is 1. The first-order valence-electron chi connectivity index (χ1n) is 9.67. The van der Waals surface area contributed by atoms with Crippen molar-refractivity contribution in [1.29, 1.82) is 0 Å². The first kappa shape index (κ1) is 19.0. The van der Waals surface area contributed by atoms with Crippen molar-refractivity contribution in [2.24, 2.45) is 0 Å². The van der Waals surface area contributed by atoms with Gasteiger partial charge in [0.2, 0.25) is 11.8 Å². The van der Waals surface area contributed by atoms with Gasteiger partial charge in [-0.3, -0.25) is 9.59 Å². The number of fused-ring (bicyclic) bond motifs is 1. The third-order valence-electron chi connectivity index (χ3n) is 5.39. The molecule has 7 heteroatoms. The fraction of sp³-hybridized carbons (Fsp3) is 0.318. The van der Waals surface area contributed by atoms with Crippen molar-refractivity contribution in [2.45, 2.75) is 32.4 Å². The molecular formula is C22H24N4O3. The van der Waals surface area contributed by atoms with Crippen molar-refractivity contribution >= 4 is 28.5 Å². The number of rotatable bonds is 5. The average Bonchev–Trinajstić information content (AvgIpc) is 3.25. The number of aryl methyl sites for hydroxylation is 1. The van der Waals surface area contributed by atoms with E-state index in [-0.39, 0.29) is 24.3 Å². The topological polar surface area (TPSA) is 76.5 Å². The Kier molecular flexibility index (Phi) is 4.96. The lowest BCUT2D eigenvalue weighted by atomic mass is 10.2. The van der Waals surface area contributed by atoms with Gasteiger partial charge >= 0.3 is 0 Å². The van der Waals surface area contributed by atoms with Gasteiger partial charge in [-0.05, 0) is 38.1 Å². The minimum atomic E-state index is -0.433. The number of imidazole rings is 1. The highest BCUT2D eigenvalue weighted by Gasteiger charge is 2.34. The largest absolute Gasteiger partial charge is 0.495 e.